The molecule has 1 amide bonds. The van der Waals surface area contributed by atoms with E-state index in [2.05, 4.69) is 5.32 Å². The van der Waals surface area contributed by atoms with E-state index in [-0.39, 0.29) is 38.2 Å². The van der Waals surface area contributed by atoms with E-state index in [1.807, 2.05) is 20.8 Å². The van der Waals surface area contributed by atoms with Gasteiger partial charge in [-0.15, -0.1) is 0 Å². The Kier molecular flexibility index (Phi) is 11.4. The normalized spacial score (nSPS) is 29.4. The number of aliphatic hydroxyl groups excluding tert-OH is 2. The monoisotopic (exact) mass is 457 g/mol. The van der Waals surface area contributed by atoms with E-state index in [9.17, 15) is 24.5 Å². The number of carbonyl (C=O) groups is 1. The Labute approximate surface area is 177 Å². The van der Waals surface area contributed by atoms with Crippen LogP contribution in [0.4, 0.5) is 0 Å². The molecule has 1 fully saturated rings. The predicted octanol–water partition coefficient (Wildman–Crippen LogP) is 0.00800. The van der Waals surface area contributed by atoms with Crippen molar-refractivity contribution < 1.29 is 47.9 Å². The van der Waals surface area contributed by atoms with Crippen LogP contribution in [-0.4, -0.2) is 96.5 Å². The molecule has 0 aliphatic carbocycles. The van der Waals surface area contributed by atoms with Crippen molar-refractivity contribution in [2.24, 2.45) is 0 Å². The number of hydrogen-bond acceptors (Lipinski definition) is 9. The molecule has 1 heterocycles. The summed E-state index contributed by atoms with van der Waals surface area (Å²) in [5, 5.41) is 22.7. The van der Waals surface area contributed by atoms with E-state index in [1.54, 1.807) is 0 Å². The van der Waals surface area contributed by atoms with Crippen molar-refractivity contribution >= 4 is 13.5 Å². The second-order valence-electron chi connectivity index (χ2n) is 7.90. The molecule has 1 aliphatic heterocycles. The van der Waals surface area contributed by atoms with Gasteiger partial charge in [0.1, 0.15) is 24.4 Å². The molecule has 0 saturated carbocycles. The van der Waals surface area contributed by atoms with E-state index < -0.39 is 50.8 Å². The summed E-state index contributed by atoms with van der Waals surface area (Å²) in [4.78, 5) is 21.2. The molecule has 1 rings (SSSR count). The van der Waals surface area contributed by atoms with E-state index in [0.29, 0.717) is 0 Å². The zero-order chi connectivity index (χ0) is 22.9. The van der Waals surface area contributed by atoms with Crippen LogP contribution in [0.2, 0.25) is 0 Å². The van der Waals surface area contributed by atoms with E-state index in [0.717, 1.165) is 0 Å². The molecule has 1 saturated heterocycles. The maximum atomic E-state index is 11.7. The molecular weight excluding hydrogens is 421 g/mol. The lowest BCUT2D eigenvalue weighted by Gasteiger charge is -2.44. The fraction of sp³-hybridized carbons (Fsp3) is 0.944. The van der Waals surface area contributed by atoms with Gasteiger partial charge in [-0.05, 0) is 20.8 Å². The standard InChI is InChI=1S/C18H36NO10P/c1-6-30(23,24)28-10-8-25-16-14(19-12(2)21)17(29-13(11-20)15(16)22)26-7-9-27-18(3,4)5/h13-17,20,22H,6-11H2,1-5H3,(H,19,21)(H,23,24). The summed E-state index contributed by atoms with van der Waals surface area (Å²) in [6.45, 7) is 8.13. The highest BCUT2D eigenvalue weighted by atomic mass is 31.2. The van der Waals surface area contributed by atoms with E-state index in [4.69, 9.17) is 23.5 Å². The van der Waals surface area contributed by atoms with Crippen LogP contribution >= 0.6 is 7.60 Å². The minimum absolute atomic E-state index is 0.0411. The average molecular weight is 457 g/mol. The molecule has 0 radical (unpaired) electrons. The predicted molar refractivity (Wildman–Crippen MR) is 107 cm³/mol. The average Bonchev–Trinajstić information content (AvgIpc) is 2.64. The van der Waals surface area contributed by atoms with Crippen molar-refractivity contribution in [1.29, 1.82) is 0 Å². The third kappa shape index (κ3) is 9.67. The third-order valence-electron chi connectivity index (χ3n) is 4.21. The molecule has 6 unspecified atom stereocenters. The topological polar surface area (TPSA) is 153 Å². The summed E-state index contributed by atoms with van der Waals surface area (Å²) >= 11 is 0. The SMILES string of the molecule is CCP(=O)(O)OCCOC1C(O)C(CO)OC(OCCOC(C)(C)C)C1NC(C)=O. The van der Waals surface area contributed by atoms with Crippen molar-refractivity contribution in [3.8, 4) is 0 Å². The maximum absolute atomic E-state index is 11.7. The van der Waals surface area contributed by atoms with Crippen LogP contribution < -0.4 is 5.32 Å². The van der Waals surface area contributed by atoms with Crippen LogP contribution in [0, 0.1) is 0 Å². The Bertz CT molecular complexity index is 570. The van der Waals surface area contributed by atoms with Gasteiger partial charge in [0.15, 0.2) is 6.29 Å². The quantitative estimate of drug-likeness (QED) is 0.233. The summed E-state index contributed by atoms with van der Waals surface area (Å²) in [5.41, 5.74) is -0.353. The first-order chi connectivity index (χ1) is 13.9. The molecule has 1 aliphatic rings. The number of hydrogen-bond donors (Lipinski definition) is 4. The first kappa shape index (κ1) is 27.4. The molecule has 11 nitrogen and oxygen atoms in total. The van der Waals surface area contributed by atoms with Crippen molar-refractivity contribution in [1.82, 2.24) is 5.32 Å². The molecule has 0 aromatic rings. The van der Waals surface area contributed by atoms with Crippen molar-refractivity contribution in [3.63, 3.8) is 0 Å². The number of rotatable bonds is 12. The van der Waals surface area contributed by atoms with Crippen LogP contribution in [0.1, 0.15) is 34.6 Å². The van der Waals surface area contributed by atoms with Crippen LogP contribution in [0.25, 0.3) is 0 Å². The number of amides is 1. The highest BCUT2D eigenvalue weighted by Crippen LogP contribution is 2.40. The second-order valence-corrected chi connectivity index (χ2v) is 10.1. The first-order valence-corrected chi connectivity index (χ1v) is 11.7. The fourth-order valence-corrected chi connectivity index (χ4v) is 3.31. The molecule has 0 spiro atoms. The summed E-state index contributed by atoms with van der Waals surface area (Å²) < 4.78 is 39.0. The lowest BCUT2D eigenvalue weighted by atomic mass is 9.96. The smallest absolute Gasteiger partial charge is 0.327 e. The second kappa shape index (κ2) is 12.4. The van der Waals surface area contributed by atoms with E-state index >= 15 is 0 Å². The maximum Gasteiger partial charge on any atom is 0.327 e. The van der Waals surface area contributed by atoms with Crippen molar-refractivity contribution in [2.45, 2.75) is 70.9 Å². The molecular formula is C18H36NO10P. The Morgan fingerprint density at radius 3 is 2.33 bits per heavy atom. The molecule has 0 aromatic carbocycles. The molecule has 178 valence electrons. The lowest BCUT2D eigenvalue weighted by Crippen LogP contribution is -2.65. The minimum Gasteiger partial charge on any atom is -0.394 e. The van der Waals surface area contributed by atoms with Crippen molar-refractivity contribution in [2.75, 3.05) is 39.2 Å². The van der Waals surface area contributed by atoms with Crippen LogP contribution in [0.3, 0.4) is 0 Å². The Morgan fingerprint density at radius 1 is 1.17 bits per heavy atom. The van der Waals surface area contributed by atoms with Crippen LogP contribution in [0.5, 0.6) is 0 Å². The van der Waals surface area contributed by atoms with Gasteiger partial charge in [-0.1, -0.05) is 6.92 Å². The van der Waals surface area contributed by atoms with Gasteiger partial charge in [0.05, 0.1) is 38.6 Å². The van der Waals surface area contributed by atoms with E-state index in [1.165, 1.54) is 13.8 Å². The third-order valence-corrected chi connectivity index (χ3v) is 5.60. The summed E-state index contributed by atoms with van der Waals surface area (Å²) in [5.74, 6) is -0.395. The minimum atomic E-state index is -3.67. The first-order valence-electron chi connectivity index (χ1n) is 9.95. The van der Waals surface area contributed by atoms with Gasteiger partial charge in [-0.3, -0.25) is 9.36 Å². The van der Waals surface area contributed by atoms with Gasteiger partial charge in [0.25, 0.3) is 0 Å². The molecule has 30 heavy (non-hydrogen) atoms. The summed E-state index contributed by atoms with van der Waals surface area (Å²) in [6.07, 6.45) is -4.33. The molecule has 4 N–H and O–H groups in total. The summed E-state index contributed by atoms with van der Waals surface area (Å²) in [7, 11) is -3.67. The lowest BCUT2D eigenvalue weighted by molar-refractivity contribution is -0.280. The molecule has 6 atom stereocenters. The zero-order valence-electron chi connectivity index (χ0n) is 18.3. The zero-order valence-corrected chi connectivity index (χ0v) is 19.2. The highest BCUT2D eigenvalue weighted by molar-refractivity contribution is 7.52. The van der Waals surface area contributed by atoms with Crippen LogP contribution in [-0.2, 0) is 32.8 Å². The number of nitrogens with one attached hydrogen (secondary N) is 1. The van der Waals surface area contributed by atoms with Gasteiger partial charge < -0.3 is 43.9 Å². The fourth-order valence-electron chi connectivity index (χ4n) is 2.76. The Balaban J connectivity index is 2.80. The molecule has 0 aromatic heterocycles. The Morgan fingerprint density at radius 2 is 1.80 bits per heavy atom. The highest BCUT2D eigenvalue weighted by Gasteiger charge is 2.47. The number of ether oxygens (including phenoxy) is 4. The molecule has 12 heteroatoms. The van der Waals surface area contributed by atoms with Gasteiger partial charge in [0.2, 0.25) is 5.91 Å². The van der Waals surface area contributed by atoms with Gasteiger partial charge in [0, 0.05) is 13.1 Å². The summed E-state index contributed by atoms with van der Waals surface area (Å²) in [6, 6.07) is -0.887. The largest absolute Gasteiger partial charge is 0.394 e. The van der Waals surface area contributed by atoms with Crippen molar-refractivity contribution in [3.05, 3.63) is 0 Å². The number of aliphatic hydroxyl groups is 2. The molecule has 0 bridgehead atoms. The van der Waals surface area contributed by atoms with Gasteiger partial charge >= 0.3 is 7.60 Å². The van der Waals surface area contributed by atoms with Crippen LogP contribution in [0.15, 0.2) is 0 Å². The Hall–Kier alpha value is -0.620. The number of carbonyl (C=O) groups excluding carboxylic acids is 1. The van der Waals surface area contributed by atoms with Gasteiger partial charge in [-0.2, -0.15) is 0 Å². The van der Waals surface area contributed by atoms with Gasteiger partial charge in [-0.25, -0.2) is 0 Å².